The predicted octanol–water partition coefficient (Wildman–Crippen LogP) is 1.76. The second-order valence-electron chi connectivity index (χ2n) is 5.92. The molecule has 2 aliphatic rings. The molecule has 0 spiro atoms. The van der Waals surface area contributed by atoms with Gasteiger partial charge in [0.2, 0.25) is 0 Å². The van der Waals surface area contributed by atoms with Gasteiger partial charge in [-0.3, -0.25) is 9.59 Å². The number of carbonyl (C=O) groups excluding carboxylic acids is 2. The molecule has 1 heterocycles. The van der Waals surface area contributed by atoms with Crippen molar-refractivity contribution in [2.45, 2.75) is 32.8 Å². The van der Waals surface area contributed by atoms with Gasteiger partial charge in [0.15, 0.2) is 6.10 Å². The Morgan fingerprint density at radius 3 is 2.87 bits per heavy atom. The van der Waals surface area contributed by atoms with E-state index >= 15 is 0 Å². The van der Waals surface area contributed by atoms with Gasteiger partial charge in [0, 0.05) is 18.4 Å². The zero-order chi connectivity index (χ0) is 16.6. The molecule has 1 aromatic rings. The lowest BCUT2D eigenvalue weighted by molar-refractivity contribution is -0.157. The van der Waals surface area contributed by atoms with Gasteiger partial charge in [-0.1, -0.05) is 6.07 Å². The molecular formula is C17H20N2O4. The van der Waals surface area contributed by atoms with E-state index in [1.54, 1.807) is 14.0 Å². The van der Waals surface area contributed by atoms with Crippen molar-refractivity contribution in [3.8, 4) is 5.75 Å². The van der Waals surface area contributed by atoms with E-state index in [1.165, 1.54) is 17.5 Å². The molecule has 0 fully saturated rings. The summed E-state index contributed by atoms with van der Waals surface area (Å²) in [6.07, 6.45) is 1.11. The standard InChI is InChI=1S/C17H20N2O4/c1-10(23-11(2)20)17(21)19-9-13-5-4-12-6-7-14(22-3)8-15(12)16(13)18-19/h6-8,10,13H,4-5,9H2,1-3H3. The zero-order valence-electron chi connectivity index (χ0n) is 13.5. The molecule has 2 unspecified atom stereocenters. The van der Waals surface area contributed by atoms with Gasteiger partial charge in [0.05, 0.1) is 19.4 Å². The first-order chi connectivity index (χ1) is 11.0. The number of carbonyl (C=O) groups is 2. The maximum absolute atomic E-state index is 12.4. The Labute approximate surface area is 135 Å². The van der Waals surface area contributed by atoms with E-state index in [4.69, 9.17) is 9.47 Å². The van der Waals surface area contributed by atoms with Crippen LogP contribution >= 0.6 is 0 Å². The fourth-order valence-corrected chi connectivity index (χ4v) is 3.17. The smallest absolute Gasteiger partial charge is 0.303 e. The molecule has 0 saturated heterocycles. The Bertz CT molecular complexity index is 683. The number of aryl methyl sites for hydroxylation is 1. The first-order valence-corrected chi connectivity index (χ1v) is 7.74. The van der Waals surface area contributed by atoms with Gasteiger partial charge in [-0.25, -0.2) is 5.01 Å². The minimum absolute atomic E-state index is 0.225. The first kappa shape index (κ1) is 15.5. The average Bonchev–Trinajstić information content (AvgIpc) is 2.97. The van der Waals surface area contributed by atoms with Gasteiger partial charge >= 0.3 is 5.97 Å². The monoisotopic (exact) mass is 316 g/mol. The molecule has 0 radical (unpaired) electrons. The molecule has 6 heteroatoms. The number of hydrogen-bond donors (Lipinski definition) is 0. The van der Waals surface area contributed by atoms with E-state index in [0.717, 1.165) is 29.9 Å². The summed E-state index contributed by atoms with van der Waals surface area (Å²) in [7, 11) is 1.63. The first-order valence-electron chi connectivity index (χ1n) is 7.74. The molecule has 1 aromatic carbocycles. The molecule has 0 N–H and O–H groups in total. The number of esters is 1. The zero-order valence-corrected chi connectivity index (χ0v) is 13.5. The van der Waals surface area contributed by atoms with E-state index in [2.05, 4.69) is 11.2 Å². The third kappa shape index (κ3) is 2.93. The largest absolute Gasteiger partial charge is 0.497 e. The third-order valence-corrected chi connectivity index (χ3v) is 4.31. The van der Waals surface area contributed by atoms with Crippen LogP contribution in [0.15, 0.2) is 23.3 Å². The van der Waals surface area contributed by atoms with Gasteiger partial charge in [-0.05, 0) is 37.5 Å². The Balaban J connectivity index is 1.86. The number of methoxy groups -OCH3 is 1. The number of hydrogen-bond acceptors (Lipinski definition) is 5. The summed E-state index contributed by atoms with van der Waals surface area (Å²) in [6.45, 7) is 3.40. The molecule has 1 aliphatic carbocycles. The number of hydrazone groups is 1. The number of fused-ring (bicyclic) bond motifs is 3. The van der Waals surface area contributed by atoms with Crippen molar-refractivity contribution in [2.75, 3.05) is 13.7 Å². The normalized spacial score (nSPS) is 20.2. The summed E-state index contributed by atoms with van der Waals surface area (Å²) < 4.78 is 10.3. The quantitative estimate of drug-likeness (QED) is 0.797. The summed E-state index contributed by atoms with van der Waals surface area (Å²) in [5, 5.41) is 5.94. The SMILES string of the molecule is COc1ccc2c(c1)C1=NN(C(=O)C(C)OC(C)=O)CC1CC2. The van der Waals surface area contributed by atoms with Crippen molar-refractivity contribution in [2.24, 2.45) is 11.0 Å². The molecule has 0 bridgehead atoms. The minimum Gasteiger partial charge on any atom is -0.497 e. The summed E-state index contributed by atoms with van der Waals surface area (Å²) in [5.74, 6) is 0.255. The number of amides is 1. The number of nitrogens with zero attached hydrogens (tertiary/aromatic N) is 2. The second kappa shape index (κ2) is 6.02. The van der Waals surface area contributed by atoms with Crippen LogP contribution in [-0.2, 0) is 20.7 Å². The van der Waals surface area contributed by atoms with Crippen LogP contribution in [0, 0.1) is 5.92 Å². The lowest BCUT2D eigenvalue weighted by atomic mass is 9.82. The Morgan fingerprint density at radius 2 is 2.17 bits per heavy atom. The molecule has 23 heavy (non-hydrogen) atoms. The molecule has 3 rings (SSSR count). The van der Waals surface area contributed by atoms with E-state index in [1.807, 2.05) is 12.1 Å². The van der Waals surface area contributed by atoms with Crippen LogP contribution < -0.4 is 4.74 Å². The number of ether oxygens (including phenoxy) is 2. The summed E-state index contributed by atoms with van der Waals surface area (Å²) in [4.78, 5) is 23.4. The maximum atomic E-state index is 12.4. The second-order valence-corrected chi connectivity index (χ2v) is 5.92. The molecular weight excluding hydrogens is 296 g/mol. The van der Waals surface area contributed by atoms with Crippen LogP contribution in [0.3, 0.4) is 0 Å². The topological polar surface area (TPSA) is 68.2 Å². The fourth-order valence-electron chi connectivity index (χ4n) is 3.17. The molecule has 0 saturated carbocycles. The van der Waals surface area contributed by atoms with Crippen molar-refractivity contribution >= 4 is 17.6 Å². The van der Waals surface area contributed by atoms with Crippen LogP contribution in [0.2, 0.25) is 0 Å². The van der Waals surface area contributed by atoms with Crippen molar-refractivity contribution in [3.05, 3.63) is 29.3 Å². The summed E-state index contributed by atoms with van der Waals surface area (Å²) in [6, 6.07) is 5.98. The maximum Gasteiger partial charge on any atom is 0.303 e. The fraction of sp³-hybridized carbons (Fsp3) is 0.471. The van der Waals surface area contributed by atoms with Crippen LogP contribution in [0.5, 0.6) is 5.75 Å². The van der Waals surface area contributed by atoms with Gasteiger partial charge in [-0.2, -0.15) is 5.10 Å². The van der Waals surface area contributed by atoms with E-state index in [-0.39, 0.29) is 11.8 Å². The third-order valence-electron chi connectivity index (χ3n) is 4.31. The molecule has 0 aromatic heterocycles. The lowest BCUT2D eigenvalue weighted by Gasteiger charge is -2.22. The highest BCUT2D eigenvalue weighted by Crippen LogP contribution is 2.33. The highest BCUT2D eigenvalue weighted by Gasteiger charge is 2.36. The van der Waals surface area contributed by atoms with E-state index < -0.39 is 12.1 Å². The van der Waals surface area contributed by atoms with Gasteiger partial charge in [-0.15, -0.1) is 0 Å². The Kier molecular flexibility index (Phi) is 4.07. The van der Waals surface area contributed by atoms with Gasteiger partial charge < -0.3 is 9.47 Å². The average molecular weight is 316 g/mol. The van der Waals surface area contributed by atoms with Gasteiger partial charge in [0.1, 0.15) is 5.75 Å². The van der Waals surface area contributed by atoms with Crippen molar-refractivity contribution in [1.82, 2.24) is 5.01 Å². The van der Waals surface area contributed by atoms with Crippen molar-refractivity contribution in [3.63, 3.8) is 0 Å². The van der Waals surface area contributed by atoms with E-state index in [0.29, 0.717) is 6.54 Å². The molecule has 2 atom stereocenters. The lowest BCUT2D eigenvalue weighted by Crippen LogP contribution is -2.36. The molecule has 122 valence electrons. The minimum atomic E-state index is -0.818. The molecule has 1 amide bonds. The van der Waals surface area contributed by atoms with E-state index in [9.17, 15) is 9.59 Å². The molecule has 6 nitrogen and oxygen atoms in total. The highest BCUT2D eigenvalue weighted by atomic mass is 16.5. The number of rotatable bonds is 3. The Morgan fingerprint density at radius 1 is 1.39 bits per heavy atom. The molecule has 1 aliphatic heterocycles. The van der Waals surface area contributed by atoms with Crippen LogP contribution in [-0.4, -0.2) is 42.4 Å². The Hall–Kier alpha value is -2.37. The van der Waals surface area contributed by atoms with Crippen LogP contribution in [0.4, 0.5) is 0 Å². The number of benzene rings is 1. The summed E-state index contributed by atoms with van der Waals surface area (Å²) in [5.41, 5.74) is 3.20. The van der Waals surface area contributed by atoms with Crippen molar-refractivity contribution < 1.29 is 19.1 Å². The van der Waals surface area contributed by atoms with Crippen LogP contribution in [0.25, 0.3) is 0 Å². The van der Waals surface area contributed by atoms with Gasteiger partial charge in [0.25, 0.3) is 5.91 Å². The highest BCUT2D eigenvalue weighted by molar-refractivity contribution is 6.06. The van der Waals surface area contributed by atoms with Crippen molar-refractivity contribution in [1.29, 1.82) is 0 Å². The predicted molar refractivity (Wildman–Crippen MR) is 84.3 cm³/mol. The summed E-state index contributed by atoms with van der Waals surface area (Å²) >= 11 is 0. The van der Waals surface area contributed by atoms with Crippen LogP contribution in [0.1, 0.15) is 31.4 Å².